The molecule has 0 aromatic heterocycles. The first-order chi connectivity index (χ1) is 18.9. The van der Waals surface area contributed by atoms with Gasteiger partial charge in [0.05, 0.1) is 30.3 Å². The Hall–Kier alpha value is -4.14. The molecule has 9 heteroatoms. The van der Waals surface area contributed by atoms with Crippen LogP contribution in [0.2, 0.25) is 0 Å². The van der Waals surface area contributed by atoms with E-state index in [1.165, 1.54) is 18.2 Å². The second kappa shape index (κ2) is 15.3. The molecule has 0 heterocycles. The van der Waals surface area contributed by atoms with Crippen molar-refractivity contribution in [3.8, 4) is 17.2 Å². The molecule has 39 heavy (non-hydrogen) atoms. The van der Waals surface area contributed by atoms with Crippen LogP contribution >= 0.6 is 0 Å². The number of carbonyl (C=O) groups excluding carboxylic acids is 4. The van der Waals surface area contributed by atoms with Gasteiger partial charge in [0.1, 0.15) is 23.4 Å². The lowest BCUT2D eigenvalue weighted by molar-refractivity contribution is -0.140. The highest BCUT2D eigenvalue weighted by Gasteiger charge is 2.30. The van der Waals surface area contributed by atoms with Gasteiger partial charge in [-0.3, -0.25) is 9.59 Å². The Labute approximate surface area is 227 Å². The number of phenolic OH excluding ortho intramolecular Hbond substituents is 1. The van der Waals surface area contributed by atoms with E-state index in [1.54, 1.807) is 24.3 Å². The molecular weight excluding hydrogens is 504 g/mol. The molecule has 0 unspecified atom stereocenters. The molecule has 9 nitrogen and oxygen atoms in total. The lowest BCUT2D eigenvalue weighted by atomic mass is 9.87. The Bertz CT molecular complexity index is 1130. The Morgan fingerprint density at radius 1 is 0.897 bits per heavy atom. The molecule has 0 atom stereocenters. The van der Waals surface area contributed by atoms with Crippen molar-refractivity contribution >= 4 is 24.2 Å². The summed E-state index contributed by atoms with van der Waals surface area (Å²) in [6.45, 7) is 4.29. The van der Waals surface area contributed by atoms with Crippen LogP contribution in [0.1, 0.15) is 72.1 Å². The fourth-order valence-electron chi connectivity index (χ4n) is 4.19. The van der Waals surface area contributed by atoms with Gasteiger partial charge in [-0.15, -0.1) is 0 Å². The normalized spacial score (nSPS) is 16.5. The van der Waals surface area contributed by atoms with Crippen molar-refractivity contribution in [3.63, 3.8) is 0 Å². The van der Waals surface area contributed by atoms with Crippen molar-refractivity contribution in [2.24, 2.45) is 5.92 Å². The second-order valence-electron chi connectivity index (χ2n) is 9.30. The molecule has 1 saturated carbocycles. The maximum absolute atomic E-state index is 12.6. The van der Waals surface area contributed by atoms with Gasteiger partial charge in [-0.05, 0) is 93.8 Å². The van der Waals surface area contributed by atoms with E-state index in [9.17, 15) is 24.3 Å². The lowest BCUT2D eigenvalue weighted by Crippen LogP contribution is -2.30. The van der Waals surface area contributed by atoms with Crippen molar-refractivity contribution in [1.29, 1.82) is 0 Å². The van der Waals surface area contributed by atoms with Gasteiger partial charge in [0.2, 0.25) is 0 Å². The molecule has 208 valence electrons. The van der Waals surface area contributed by atoms with E-state index in [0.29, 0.717) is 56.5 Å². The van der Waals surface area contributed by atoms with E-state index >= 15 is 0 Å². The van der Waals surface area contributed by atoms with Gasteiger partial charge in [0, 0.05) is 6.08 Å². The number of unbranched alkanes of at least 4 members (excludes halogenated alkanes) is 3. The fraction of sp³-hybridized carbons (Fsp3) is 0.400. The van der Waals surface area contributed by atoms with Gasteiger partial charge in [-0.1, -0.05) is 6.58 Å². The second-order valence-corrected chi connectivity index (χ2v) is 9.30. The molecule has 2 aromatic rings. The number of aldehydes is 1. The Kier molecular flexibility index (Phi) is 11.6. The predicted octanol–water partition coefficient (Wildman–Crippen LogP) is 5.19. The first-order valence-corrected chi connectivity index (χ1v) is 13.1. The lowest BCUT2D eigenvalue weighted by Gasteiger charge is -2.27. The quantitative estimate of drug-likeness (QED) is 0.114. The van der Waals surface area contributed by atoms with Crippen molar-refractivity contribution in [1.82, 2.24) is 0 Å². The highest BCUT2D eigenvalue weighted by molar-refractivity contribution is 5.89. The number of aromatic hydroxyl groups is 1. The van der Waals surface area contributed by atoms with Crippen LogP contribution in [0.5, 0.6) is 17.2 Å². The van der Waals surface area contributed by atoms with E-state index < -0.39 is 17.9 Å². The largest absolute Gasteiger partial charge is 0.507 e. The molecule has 1 aliphatic rings. The van der Waals surface area contributed by atoms with Crippen LogP contribution in [0.3, 0.4) is 0 Å². The zero-order valence-electron chi connectivity index (χ0n) is 21.8. The molecule has 1 fully saturated rings. The first-order valence-electron chi connectivity index (χ1n) is 13.1. The highest BCUT2D eigenvalue weighted by atomic mass is 16.5. The monoisotopic (exact) mass is 538 g/mol. The van der Waals surface area contributed by atoms with Crippen LogP contribution in [0.15, 0.2) is 55.1 Å². The average molecular weight is 539 g/mol. The van der Waals surface area contributed by atoms with Crippen LogP contribution in [0, 0.1) is 5.92 Å². The number of carbonyl (C=O) groups is 4. The molecule has 0 spiro atoms. The SMILES string of the molecule is C=CC(=O)OCCCCCCOc1ccc(C(=O)O[C@H]2CC[C@H](C(=O)Oc3ccc(O)c(C=O)c3)CC2)cc1. The maximum atomic E-state index is 12.6. The minimum absolute atomic E-state index is 0.0490. The van der Waals surface area contributed by atoms with Gasteiger partial charge in [-0.25, -0.2) is 9.59 Å². The van der Waals surface area contributed by atoms with Crippen molar-refractivity contribution < 1.29 is 43.2 Å². The molecule has 0 radical (unpaired) electrons. The summed E-state index contributed by atoms with van der Waals surface area (Å²) in [5, 5.41) is 9.57. The third kappa shape index (κ3) is 9.59. The summed E-state index contributed by atoms with van der Waals surface area (Å²) in [6.07, 6.45) is 7.02. The number of rotatable bonds is 14. The zero-order chi connectivity index (χ0) is 28.0. The molecule has 0 aliphatic heterocycles. The topological polar surface area (TPSA) is 125 Å². The van der Waals surface area contributed by atoms with Crippen LogP contribution < -0.4 is 9.47 Å². The van der Waals surface area contributed by atoms with Crippen LogP contribution in [0.4, 0.5) is 0 Å². The molecule has 1 aliphatic carbocycles. The Morgan fingerprint density at radius 3 is 2.23 bits per heavy atom. The number of hydrogen-bond acceptors (Lipinski definition) is 9. The summed E-state index contributed by atoms with van der Waals surface area (Å²) >= 11 is 0. The number of ether oxygens (including phenoxy) is 4. The van der Waals surface area contributed by atoms with Gasteiger partial charge in [0.25, 0.3) is 0 Å². The minimum atomic E-state index is -0.421. The summed E-state index contributed by atoms with van der Waals surface area (Å²) in [7, 11) is 0. The number of hydrogen-bond donors (Lipinski definition) is 1. The summed E-state index contributed by atoms with van der Waals surface area (Å²) < 4.78 is 21.7. The van der Waals surface area contributed by atoms with Crippen molar-refractivity contribution in [2.75, 3.05) is 13.2 Å². The number of benzene rings is 2. The Morgan fingerprint density at radius 2 is 1.56 bits per heavy atom. The van der Waals surface area contributed by atoms with E-state index in [2.05, 4.69) is 6.58 Å². The summed E-state index contributed by atoms with van der Waals surface area (Å²) in [5.74, 6) is -0.881. The number of esters is 3. The van der Waals surface area contributed by atoms with Crippen molar-refractivity contribution in [2.45, 2.75) is 57.5 Å². The van der Waals surface area contributed by atoms with E-state index in [4.69, 9.17) is 18.9 Å². The van der Waals surface area contributed by atoms with E-state index in [0.717, 1.165) is 31.8 Å². The Balaban J connectivity index is 1.32. The molecule has 3 rings (SSSR count). The third-order valence-corrected chi connectivity index (χ3v) is 6.43. The fourth-order valence-corrected chi connectivity index (χ4v) is 4.19. The van der Waals surface area contributed by atoms with Crippen LogP contribution in [-0.4, -0.2) is 48.6 Å². The maximum Gasteiger partial charge on any atom is 0.338 e. The van der Waals surface area contributed by atoms with E-state index in [-0.39, 0.29) is 29.1 Å². The predicted molar refractivity (Wildman–Crippen MR) is 142 cm³/mol. The summed E-state index contributed by atoms with van der Waals surface area (Å²) in [6, 6.07) is 10.9. The van der Waals surface area contributed by atoms with Gasteiger partial charge in [-0.2, -0.15) is 0 Å². The molecule has 0 saturated heterocycles. The molecule has 2 aromatic carbocycles. The molecular formula is C30H34O9. The highest BCUT2D eigenvalue weighted by Crippen LogP contribution is 2.29. The smallest absolute Gasteiger partial charge is 0.338 e. The third-order valence-electron chi connectivity index (χ3n) is 6.43. The van der Waals surface area contributed by atoms with Crippen molar-refractivity contribution in [3.05, 3.63) is 66.2 Å². The summed E-state index contributed by atoms with van der Waals surface area (Å²) in [5.41, 5.74) is 0.476. The standard InChI is InChI=1S/C30H34O9/c1-2-28(33)37-18-6-4-3-5-17-36-24-11-7-21(8-12-24)29(34)38-25-13-9-22(10-14-25)30(35)39-26-15-16-27(32)23(19-26)20-31/h2,7-8,11-12,15-16,19-20,22,25,32H,1,3-6,9-10,13-14,17-18H2/t22-,25-. The van der Waals surface area contributed by atoms with Gasteiger partial charge in [0.15, 0.2) is 6.29 Å². The minimum Gasteiger partial charge on any atom is -0.507 e. The van der Waals surface area contributed by atoms with Gasteiger partial charge >= 0.3 is 17.9 Å². The summed E-state index contributed by atoms with van der Waals surface area (Å²) in [4.78, 5) is 47.0. The van der Waals surface area contributed by atoms with Crippen LogP contribution in [-0.2, 0) is 19.1 Å². The van der Waals surface area contributed by atoms with E-state index in [1.807, 2.05) is 0 Å². The molecule has 0 amide bonds. The zero-order valence-corrected chi connectivity index (χ0v) is 21.8. The molecule has 1 N–H and O–H groups in total. The number of phenols is 1. The van der Waals surface area contributed by atoms with Crippen LogP contribution in [0.25, 0.3) is 0 Å². The molecule has 0 bridgehead atoms. The average Bonchev–Trinajstić information content (AvgIpc) is 2.95. The van der Waals surface area contributed by atoms with Gasteiger partial charge < -0.3 is 24.1 Å². The first kappa shape index (κ1) is 29.4.